The molecule has 0 heterocycles. The topological polar surface area (TPSA) is 43.4 Å². The van der Waals surface area contributed by atoms with Gasteiger partial charge in [0, 0.05) is 21.2 Å². The van der Waals surface area contributed by atoms with Crippen LogP contribution in [0.5, 0.6) is 0 Å². The Balaban J connectivity index is 1.29. The molecule has 0 N–H and O–H groups in total. The minimum absolute atomic E-state index is 0.184. The van der Waals surface area contributed by atoms with E-state index in [0.717, 1.165) is 16.9 Å². The summed E-state index contributed by atoms with van der Waals surface area (Å²) in [6, 6.07) is 21.4. The van der Waals surface area contributed by atoms with Gasteiger partial charge in [0.1, 0.15) is 0 Å². The molecule has 3 aromatic carbocycles. The molecule has 29 heavy (non-hydrogen) atoms. The van der Waals surface area contributed by atoms with Crippen LogP contribution in [0, 0.1) is 0 Å². The number of fused-ring (bicyclic) bond motifs is 3. The van der Waals surface area contributed by atoms with Crippen LogP contribution in [0.1, 0.15) is 27.9 Å². The normalized spacial score (nSPS) is 11.6. The van der Waals surface area contributed by atoms with E-state index in [1.165, 1.54) is 16.7 Å². The lowest BCUT2D eigenvalue weighted by Gasteiger charge is -2.07. The van der Waals surface area contributed by atoms with E-state index in [-0.39, 0.29) is 24.8 Å². The number of carbonyl (C=O) groups is 2. The maximum atomic E-state index is 12.5. The van der Waals surface area contributed by atoms with Crippen molar-refractivity contribution >= 4 is 35.1 Å². The fourth-order valence-corrected chi connectivity index (χ4v) is 4.34. The minimum atomic E-state index is -0.369. The van der Waals surface area contributed by atoms with Gasteiger partial charge in [-0.15, -0.1) is 11.8 Å². The van der Waals surface area contributed by atoms with E-state index in [9.17, 15) is 9.59 Å². The fraction of sp³-hybridized carbons (Fsp3) is 0.167. The van der Waals surface area contributed by atoms with Gasteiger partial charge in [0.15, 0.2) is 12.4 Å². The third-order valence-corrected chi connectivity index (χ3v) is 6.14. The Morgan fingerprint density at radius 3 is 2.52 bits per heavy atom. The Labute approximate surface area is 179 Å². The first kappa shape index (κ1) is 19.7. The van der Waals surface area contributed by atoms with Gasteiger partial charge in [-0.1, -0.05) is 48.0 Å². The second-order valence-corrected chi connectivity index (χ2v) is 8.45. The molecule has 0 saturated heterocycles. The predicted octanol–water partition coefficient (Wildman–Crippen LogP) is 5.82. The zero-order valence-electron chi connectivity index (χ0n) is 15.7. The summed E-state index contributed by atoms with van der Waals surface area (Å²) in [7, 11) is 0. The lowest BCUT2D eigenvalue weighted by Crippen LogP contribution is -2.14. The largest absolute Gasteiger partial charge is 0.457 e. The summed E-state index contributed by atoms with van der Waals surface area (Å²) in [5.74, 6) is 0.0341. The van der Waals surface area contributed by atoms with E-state index in [0.29, 0.717) is 16.3 Å². The summed E-state index contributed by atoms with van der Waals surface area (Å²) in [5.41, 5.74) is 5.34. The lowest BCUT2D eigenvalue weighted by molar-refractivity contribution is -0.141. The van der Waals surface area contributed by atoms with Crippen LogP contribution < -0.4 is 0 Å². The number of hydrogen-bond donors (Lipinski definition) is 0. The van der Waals surface area contributed by atoms with Crippen LogP contribution in [0.25, 0.3) is 11.1 Å². The Kier molecular flexibility index (Phi) is 6.02. The van der Waals surface area contributed by atoms with Crippen molar-refractivity contribution in [3.63, 3.8) is 0 Å². The van der Waals surface area contributed by atoms with Crippen LogP contribution in [0.2, 0.25) is 5.02 Å². The molecule has 0 bridgehead atoms. The monoisotopic (exact) mass is 422 g/mol. The van der Waals surface area contributed by atoms with E-state index < -0.39 is 0 Å². The standard InChI is InChI=1S/C24H19ClO3S/c25-19-7-9-20(10-8-19)29-12-11-24(27)28-15-23(26)18-6-5-17-13-16-3-1-2-4-21(16)22(17)14-18/h1-10,14H,11-13,15H2. The van der Waals surface area contributed by atoms with Crippen LogP contribution in [0.4, 0.5) is 0 Å². The molecule has 0 spiro atoms. The molecule has 0 radical (unpaired) electrons. The highest BCUT2D eigenvalue weighted by Gasteiger charge is 2.20. The van der Waals surface area contributed by atoms with Gasteiger partial charge in [0.25, 0.3) is 0 Å². The highest BCUT2D eigenvalue weighted by molar-refractivity contribution is 7.99. The molecule has 4 rings (SSSR count). The first-order valence-electron chi connectivity index (χ1n) is 9.38. The van der Waals surface area contributed by atoms with Gasteiger partial charge in [-0.3, -0.25) is 9.59 Å². The second-order valence-electron chi connectivity index (χ2n) is 6.84. The van der Waals surface area contributed by atoms with Crippen molar-refractivity contribution in [1.29, 1.82) is 0 Å². The lowest BCUT2D eigenvalue weighted by atomic mass is 10.0. The molecular formula is C24H19ClO3S. The number of ether oxygens (including phenoxy) is 1. The van der Waals surface area contributed by atoms with Crippen molar-refractivity contribution < 1.29 is 14.3 Å². The number of esters is 1. The highest BCUT2D eigenvalue weighted by Crippen LogP contribution is 2.36. The zero-order chi connectivity index (χ0) is 20.2. The number of Topliss-reactive ketones (excluding diaryl/α,β-unsaturated/α-hetero) is 1. The van der Waals surface area contributed by atoms with E-state index in [2.05, 4.69) is 12.1 Å². The zero-order valence-corrected chi connectivity index (χ0v) is 17.3. The number of rotatable bonds is 7. The predicted molar refractivity (Wildman–Crippen MR) is 117 cm³/mol. The molecule has 0 fully saturated rings. The number of benzene rings is 3. The van der Waals surface area contributed by atoms with E-state index in [1.54, 1.807) is 11.8 Å². The van der Waals surface area contributed by atoms with Crippen LogP contribution in [-0.2, 0) is 16.0 Å². The number of halogens is 1. The van der Waals surface area contributed by atoms with Crippen LogP contribution in [0.15, 0.2) is 71.6 Å². The maximum absolute atomic E-state index is 12.5. The number of thioether (sulfide) groups is 1. The van der Waals surface area contributed by atoms with Gasteiger partial charge in [0.2, 0.25) is 0 Å². The molecular weight excluding hydrogens is 404 g/mol. The quantitative estimate of drug-likeness (QED) is 0.214. The maximum Gasteiger partial charge on any atom is 0.307 e. The SMILES string of the molecule is O=C(CCSc1ccc(Cl)cc1)OCC(=O)c1ccc2c(c1)-c1ccccc1C2. The van der Waals surface area contributed by atoms with E-state index >= 15 is 0 Å². The van der Waals surface area contributed by atoms with Crippen LogP contribution in [-0.4, -0.2) is 24.1 Å². The Bertz CT molecular complexity index is 1060. The third kappa shape index (κ3) is 4.72. The van der Waals surface area contributed by atoms with Gasteiger partial charge < -0.3 is 4.74 Å². The highest BCUT2D eigenvalue weighted by atomic mass is 35.5. The Morgan fingerprint density at radius 2 is 1.69 bits per heavy atom. The van der Waals surface area contributed by atoms with Crippen molar-refractivity contribution in [2.45, 2.75) is 17.7 Å². The molecule has 0 saturated carbocycles. The van der Waals surface area contributed by atoms with Crippen molar-refractivity contribution in [3.05, 3.63) is 88.4 Å². The molecule has 146 valence electrons. The molecule has 3 nitrogen and oxygen atoms in total. The van der Waals surface area contributed by atoms with Crippen LogP contribution >= 0.6 is 23.4 Å². The summed E-state index contributed by atoms with van der Waals surface area (Å²) in [5, 5.41) is 0.683. The van der Waals surface area contributed by atoms with Gasteiger partial charge in [-0.2, -0.15) is 0 Å². The second kappa shape index (κ2) is 8.85. The number of carbonyl (C=O) groups excluding carboxylic acids is 2. The Hall–Kier alpha value is -2.56. The first-order chi connectivity index (χ1) is 14.1. The molecule has 0 atom stereocenters. The Morgan fingerprint density at radius 1 is 0.931 bits per heavy atom. The molecule has 0 amide bonds. The molecule has 1 aliphatic rings. The summed E-state index contributed by atoms with van der Waals surface area (Å²) in [4.78, 5) is 25.5. The summed E-state index contributed by atoms with van der Waals surface area (Å²) < 4.78 is 5.18. The molecule has 0 unspecified atom stereocenters. The van der Waals surface area contributed by atoms with Crippen LogP contribution in [0.3, 0.4) is 0 Å². The number of ketones is 1. The van der Waals surface area contributed by atoms with Crippen molar-refractivity contribution in [1.82, 2.24) is 0 Å². The summed E-state index contributed by atoms with van der Waals surface area (Å²) in [6.45, 7) is -0.231. The molecule has 0 aromatic heterocycles. The summed E-state index contributed by atoms with van der Waals surface area (Å²) >= 11 is 7.41. The number of hydrogen-bond acceptors (Lipinski definition) is 4. The van der Waals surface area contributed by atoms with Gasteiger partial charge in [-0.05, 0) is 59.0 Å². The van der Waals surface area contributed by atoms with E-state index in [4.69, 9.17) is 16.3 Å². The molecule has 1 aliphatic carbocycles. The smallest absolute Gasteiger partial charge is 0.307 e. The molecule has 3 aromatic rings. The average Bonchev–Trinajstić information content (AvgIpc) is 3.11. The van der Waals surface area contributed by atoms with Crippen molar-refractivity contribution in [2.24, 2.45) is 0 Å². The molecule has 5 heteroatoms. The minimum Gasteiger partial charge on any atom is -0.457 e. The van der Waals surface area contributed by atoms with Crippen molar-refractivity contribution in [2.75, 3.05) is 12.4 Å². The van der Waals surface area contributed by atoms with Gasteiger partial charge in [-0.25, -0.2) is 0 Å². The van der Waals surface area contributed by atoms with Crippen molar-refractivity contribution in [3.8, 4) is 11.1 Å². The third-order valence-electron chi connectivity index (χ3n) is 4.87. The first-order valence-corrected chi connectivity index (χ1v) is 10.7. The van der Waals surface area contributed by atoms with Gasteiger partial charge in [0.05, 0.1) is 6.42 Å². The summed E-state index contributed by atoms with van der Waals surface area (Å²) in [6.07, 6.45) is 1.14. The average molecular weight is 423 g/mol. The fourth-order valence-electron chi connectivity index (χ4n) is 3.38. The molecule has 0 aliphatic heterocycles. The van der Waals surface area contributed by atoms with E-state index in [1.807, 2.05) is 54.6 Å². The van der Waals surface area contributed by atoms with Gasteiger partial charge >= 0.3 is 5.97 Å².